The van der Waals surface area contributed by atoms with Gasteiger partial charge in [0.15, 0.2) is 0 Å². The molecule has 9 aromatic carbocycles. The van der Waals surface area contributed by atoms with E-state index in [1.165, 1.54) is 66.4 Å². The zero-order valence-corrected chi connectivity index (χ0v) is 31.9. The number of anilines is 3. The van der Waals surface area contributed by atoms with Crippen molar-refractivity contribution in [3.8, 4) is 44.5 Å². The molecule has 270 valence electrons. The van der Waals surface area contributed by atoms with Crippen LogP contribution in [0, 0.1) is 0 Å². The Hall–Kier alpha value is -7.16. The van der Waals surface area contributed by atoms with Crippen molar-refractivity contribution in [3.63, 3.8) is 0 Å². The van der Waals surface area contributed by atoms with Gasteiger partial charge in [0.05, 0.1) is 0 Å². The lowest BCUT2D eigenvalue weighted by atomic mass is 9.79. The van der Waals surface area contributed by atoms with Crippen molar-refractivity contribution < 1.29 is 4.42 Å². The predicted octanol–water partition coefficient (Wildman–Crippen LogP) is 15.5. The van der Waals surface area contributed by atoms with Crippen LogP contribution in [0.5, 0.6) is 0 Å². The average Bonchev–Trinajstić information content (AvgIpc) is 3.75. The Kier molecular flexibility index (Phi) is 7.55. The van der Waals surface area contributed by atoms with Crippen molar-refractivity contribution in [1.29, 1.82) is 0 Å². The number of fused-ring (bicyclic) bond motifs is 7. The van der Waals surface area contributed by atoms with Gasteiger partial charge in [-0.05, 0) is 121 Å². The number of para-hydroxylation sites is 1. The Bertz CT molecular complexity index is 3150. The highest BCUT2D eigenvalue weighted by molar-refractivity contribution is 6.06. The third kappa shape index (κ3) is 5.48. The zero-order chi connectivity index (χ0) is 38.1. The first-order valence-electron chi connectivity index (χ1n) is 19.7. The minimum absolute atomic E-state index is 0.0913. The highest BCUT2D eigenvalue weighted by atomic mass is 16.3. The smallest absolute Gasteiger partial charge is 0.137 e. The quantitative estimate of drug-likeness (QED) is 0.169. The number of furan rings is 1. The molecule has 0 bridgehead atoms. The molecule has 57 heavy (non-hydrogen) atoms. The Morgan fingerprint density at radius 1 is 0.368 bits per heavy atom. The van der Waals surface area contributed by atoms with E-state index in [0.29, 0.717) is 0 Å². The molecule has 2 nitrogen and oxygen atoms in total. The lowest BCUT2D eigenvalue weighted by Crippen LogP contribution is -2.16. The van der Waals surface area contributed by atoms with Crippen LogP contribution in [0.3, 0.4) is 0 Å². The minimum atomic E-state index is -0.0913. The zero-order valence-electron chi connectivity index (χ0n) is 31.9. The highest BCUT2D eigenvalue weighted by Gasteiger charge is 2.37. The molecular formula is C55H39NO. The van der Waals surface area contributed by atoms with Crippen molar-refractivity contribution in [1.82, 2.24) is 0 Å². The maximum atomic E-state index is 6.40. The molecule has 0 aliphatic heterocycles. The Morgan fingerprint density at radius 2 is 0.947 bits per heavy atom. The van der Waals surface area contributed by atoms with Crippen LogP contribution < -0.4 is 4.90 Å². The molecule has 0 saturated carbocycles. The summed E-state index contributed by atoms with van der Waals surface area (Å²) in [6.45, 7) is 4.71. The standard InChI is InChI=1S/C55H39NO/c1-55(2)51-19-7-5-15-47(51)50-18-10-17-46(54(50)55)38-25-29-44(30-26-38)56(45-31-32-49-48-16-6-8-20-52(48)57-53(49)35-45)43-27-23-37(24-28-43)40-13-9-14-41(33-40)42-22-21-36-11-3-4-12-39(36)34-42/h3-35H,1-2H3. The maximum absolute atomic E-state index is 6.40. The van der Waals surface area contributed by atoms with Crippen LogP contribution >= 0.6 is 0 Å². The molecule has 0 amide bonds. The number of hydrogen-bond donors (Lipinski definition) is 0. The van der Waals surface area contributed by atoms with E-state index in [4.69, 9.17) is 4.42 Å². The lowest BCUT2D eigenvalue weighted by molar-refractivity contribution is 0.662. The SMILES string of the molecule is CC1(C)c2ccccc2-c2cccc(-c3ccc(N(c4ccc(-c5cccc(-c6ccc7ccccc7c6)c5)cc4)c4ccc5c(c4)oc4ccccc45)cc3)c21. The van der Waals surface area contributed by atoms with E-state index in [2.05, 4.69) is 207 Å². The summed E-state index contributed by atoms with van der Waals surface area (Å²) in [6, 6.07) is 72.6. The van der Waals surface area contributed by atoms with Crippen LogP contribution in [0.1, 0.15) is 25.0 Å². The van der Waals surface area contributed by atoms with Crippen molar-refractivity contribution in [2.45, 2.75) is 19.3 Å². The van der Waals surface area contributed by atoms with Gasteiger partial charge in [-0.3, -0.25) is 0 Å². The molecule has 0 atom stereocenters. The Balaban J connectivity index is 0.985. The fraction of sp³-hybridized carbons (Fsp3) is 0.0545. The molecule has 2 heteroatoms. The first-order chi connectivity index (χ1) is 28.0. The summed E-state index contributed by atoms with van der Waals surface area (Å²) >= 11 is 0. The first-order valence-corrected chi connectivity index (χ1v) is 19.7. The summed E-state index contributed by atoms with van der Waals surface area (Å²) < 4.78 is 6.40. The van der Waals surface area contributed by atoms with E-state index in [1.54, 1.807) is 0 Å². The van der Waals surface area contributed by atoms with Gasteiger partial charge >= 0.3 is 0 Å². The van der Waals surface area contributed by atoms with Gasteiger partial charge in [-0.15, -0.1) is 0 Å². The van der Waals surface area contributed by atoms with E-state index in [-0.39, 0.29) is 5.41 Å². The van der Waals surface area contributed by atoms with E-state index >= 15 is 0 Å². The van der Waals surface area contributed by atoms with Gasteiger partial charge in [-0.25, -0.2) is 0 Å². The van der Waals surface area contributed by atoms with Gasteiger partial charge in [0.2, 0.25) is 0 Å². The fourth-order valence-corrected chi connectivity index (χ4v) is 9.23. The molecule has 10 aromatic rings. The largest absolute Gasteiger partial charge is 0.456 e. The maximum Gasteiger partial charge on any atom is 0.137 e. The van der Waals surface area contributed by atoms with Gasteiger partial charge in [-0.2, -0.15) is 0 Å². The number of benzene rings is 9. The molecule has 1 aliphatic rings. The van der Waals surface area contributed by atoms with E-state index < -0.39 is 0 Å². The molecule has 1 aromatic heterocycles. The monoisotopic (exact) mass is 729 g/mol. The van der Waals surface area contributed by atoms with Gasteiger partial charge < -0.3 is 9.32 Å². The molecule has 1 aliphatic carbocycles. The molecule has 0 fully saturated rings. The summed E-state index contributed by atoms with van der Waals surface area (Å²) in [5, 5.41) is 4.75. The molecule has 11 rings (SSSR count). The Labute approximate surface area is 332 Å². The fourth-order valence-electron chi connectivity index (χ4n) is 9.23. The average molecular weight is 730 g/mol. The van der Waals surface area contributed by atoms with Crippen LogP contribution in [0.25, 0.3) is 77.2 Å². The van der Waals surface area contributed by atoms with E-state index in [9.17, 15) is 0 Å². The number of hydrogen-bond acceptors (Lipinski definition) is 2. The molecule has 0 saturated heterocycles. The summed E-state index contributed by atoms with van der Waals surface area (Å²) in [4.78, 5) is 2.33. The predicted molar refractivity (Wildman–Crippen MR) is 240 cm³/mol. The van der Waals surface area contributed by atoms with Crippen LogP contribution in [-0.4, -0.2) is 0 Å². The van der Waals surface area contributed by atoms with Crippen molar-refractivity contribution in [2.75, 3.05) is 4.90 Å². The lowest BCUT2D eigenvalue weighted by Gasteiger charge is -2.27. The van der Waals surface area contributed by atoms with Gasteiger partial charge in [-0.1, -0.05) is 153 Å². The van der Waals surface area contributed by atoms with E-state index in [1.807, 2.05) is 12.1 Å². The van der Waals surface area contributed by atoms with Gasteiger partial charge in [0.25, 0.3) is 0 Å². The molecule has 0 spiro atoms. The number of rotatable bonds is 6. The highest BCUT2D eigenvalue weighted by Crippen LogP contribution is 2.52. The second-order valence-electron chi connectivity index (χ2n) is 15.7. The van der Waals surface area contributed by atoms with E-state index in [0.717, 1.165) is 39.0 Å². The van der Waals surface area contributed by atoms with Gasteiger partial charge in [0.1, 0.15) is 11.2 Å². The third-order valence-corrected chi connectivity index (χ3v) is 12.0. The summed E-state index contributed by atoms with van der Waals surface area (Å²) in [5.41, 5.74) is 17.6. The minimum Gasteiger partial charge on any atom is -0.456 e. The van der Waals surface area contributed by atoms with Crippen LogP contribution in [0.15, 0.2) is 205 Å². The summed E-state index contributed by atoms with van der Waals surface area (Å²) in [7, 11) is 0. The number of nitrogens with zero attached hydrogens (tertiary/aromatic N) is 1. The topological polar surface area (TPSA) is 16.4 Å². The molecule has 0 N–H and O–H groups in total. The second-order valence-corrected chi connectivity index (χ2v) is 15.7. The second kappa shape index (κ2) is 13.0. The van der Waals surface area contributed by atoms with Crippen molar-refractivity contribution in [2.24, 2.45) is 0 Å². The normalized spacial score (nSPS) is 12.9. The van der Waals surface area contributed by atoms with Crippen LogP contribution in [0.4, 0.5) is 17.1 Å². The van der Waals surface area contributed by atoms with Crippen LogP contribution in [0.2, 0.25) is 0 Å². The third-order valence-electron chi connectivity index (χ3n) is 12.0. The molecular weight excluding hydrogens is 691 g/mol. The van der Waals surface area contributed by atoms with Gasteiger partial charge in [0, 0.05) is 39.3 Å². The van der Waals surface area contributed by atoms with Crippen LogP contribution in [-0.2, 0) is 5.41 Å². The summed E-state index contributed by atoms with van der Waals surface area (Å²) in [5.74, 6) is 0. The first kappa shape index (κ1) is 33.2. The Morgan fingerprint density at radius 3 is 1.77 bits per heavy atom. The van der Waals surface area contributed by atoms with Crippen molar-refractivity contribution >= 4 is 49.8 Å². The molecule has 0 radical (unpaired) electrons. The molecule has 0 unspecified atom stereocenters. The molecule has 1 heterocycles. The van der Waals surface area contributed by atoms with Crippen molar-refractivity contribution in [3.05, 3.63) is 211 Å². The summed E-state index contributed by atoms with van der Waals surface area (Å²) in [6.07, 6.45) is 0.